The smallest absolute Gasteiger partial charge is 0.266 e. The van der Waals surface area contributed by atoms with E-state index in [9.17, 15) is 10.1 Å². The summed E-state index contributed by atoms with van der Waals surface area (Å²) >= 11 is 4.78. The third-order valence-corrected chi connectivity index (χ3v) is 4.47. The Hall–Kier alpha value is -2.30. The molecule has 0 fully saturated rings. The number of anilines is 1. The summed E-state index contributed by atoms with van der Waals surface area (Å²) in [7, 11) is 3.03. The van der Waals surface area contributed by atoms with Gasteiger partial charge in [0.25, 0.3) is 5.91 Å². The molecule has 23 heavy (non-hydrogen) atoms. The molecule has 2 aromatic rings. The molecule has 0 aliphatic rings. The zero-order valence-electron chi connectivity index (χ0n) is 12.4. The number of thiophene rings is 1. The van der Waals surface area contributed by atoms with Crippen LogP contribution in [-0.2, 0) is 4.79 Å². The van der Waals surface area contributed by atoms with Crippen LogP contribution in [0.15, 0.2) is 39.7 Å². The molecule has 0 aliphatic heterocycles. The largest absolute Gasteiger partial charge is 0.497 e. The van der Waals surface area contributed by atoms with E-state index in [0.29, 0.717) is 17.2 Å². The van der Waals surface area contributed by atoms with Gasteiger partial charge in [-0.15, -0.1) is 11.3 Å². The number of amides is 1. The fourth-order valence-electron chi connectivity index (χ4n) is 1.80. The molecule has 5 nitrogen and oxygen atoms in total. The zero-order valence-corrected chi connectivity index (χ0v) is 14.8. The highest BCUT2D eigenvalue weighted by Gasteiger charge is 2.13. The quantitative estimate of drug-likeness (QED) is 0.614. The van der Waals surface area contributed by atoms with E-state index in [4.69, 9.17) is 9.47 Å². The van der Waals surface area contributed by atoms with E-state index >= 15 is 0 Å². The fraction of sp³-hybridized carbons (Fsp3) is 0.125. The number of halogens is 1. The normalized spacial score (nSPS) is 10.8. The van der Waals surface area contributed by atoms with Gasteiger partial charge in [-0.1, -0.05) is 0 Å². The maximum absolute atomic E-state index is 12.3. The standard InChI is InChI=1S/C16H13BrN2O3S/c1-21-11-3-5-14(22-2)13(8-11)19-16(20)10(9-18)7-12-4-6-15(17)23-12/h3-8H,1-2H3,(H,19,20)/b10-7+. The van der Waals surface area contributed by atoms with Crippen LogP contribution in [0.4, 0.5) is 5.69 Å². The van der Waals surface area contributed by atoms with Gasteiger partial charge in [-0.25, -0.2) is 0 Å². The number of methoxy groups -OCH3 is 2. The van der Waals surface area contributed by atoms with Crippen molar-refractivity contribution >= 4 is 44.9 Å². The van der Waals surface area contributed by atoms with E-state index in [0.717, 1.165) is 8.66 Å². The van der Waals surface area contributed by atoms with E-state index in [1.165, 1.54) is 31.6 Å². The Morgan fingerprint density at radius 1 is 1.30 bits per heavy atom. The molecule has 0 unspecified atom stereocenters. The van der Waals surface area contributed by atoms with E-state index in [-0.39, 0.29) is 5.57 Å². The molecular weight excluding hydrogens is 380 g/mol. The summed E-state index contributed by atoms with van der Waals surface area (Å²) < 4.78 is 11.3. The molecular formula is C16H13BrN2O3S. The maximum atomic E-state index is 12.3. The van der Waals surface area contributed by atoms with Crippen molar-refractivity contribution in [1.82, 2.24) is 0 Å². The van der Waals surface area contributed by atoms with Crippen molar-refractivity contribution in [1.29, 1.82) is 5.26 Å². The van der Waals surface area contributed by atoms with Gasteiger partial charge >= 0.3 is 0 Å². The molecule has 0 saturated carbocycles. The van der Waals surface area contributed by atoms with Gasteiger partial charge in [-0.2, -0.15) is 5.26 Å². The third-order valence-electron chi connectivity index (χ3n) is 2.90. The molecule has 1 amide bonds. The van der Waals surface area contributed by atoms with Gasteiger partial charge in [0.1, 0.15) is 23.1 Å². The third kappa shape index (κ3) is 4.34. The molecule has 1 aromatic carbocycles. The van der Waals surface area contributed by atoms with Crippen LogP contribution in [0.2, 0.25) is 0 Å². The first-order valence-corrected chi connectivity index (χ1v) is 8.09. The number of carbonyl (C=O) groups is 1. The topological polar surface area (TPSA) is 71.3 Å². The first-order valence-electron chi connectivity index (χ1n) is 6.48. The number of nitriles is 1. The van der Waals surface area contributed by atoms with Gasteiger partial charge in [0, 0.05) is 10.9 Å². The summed E-state index contributed by atoms with van der Waals surface area (Å²) in [5.41, 5.74) is 0.439. The van der Waals surface area contributed by atoms with E-state index in [2.05, 4.69) is 21.2 Å². The van der Waals surface area contributed by atoms with Crippen LogP contribution in [0.5, 0.6) is 11.5 Å². The summed E-state index contributed by atoms with van der Waals surface area (Å²) in [5.74, 6) is 0.546. The average molecular weight is 393 g/mol. The van der Waals surface area contributed by atoms with E-state index in [1.54, 1.807) is 18.2 Å². The van der Waals surface area contributed by atoms with Gasteiger partial charge in [-0.3, -0.25) is 4.79 Å². The number of hydrogen-bond donors (Lipinski definition) is 1. The fourth-order valence-corrected chi connectivity index (χ4v) is 3.17. The predicted molar refractivity (Wildman–Crippen MR) is 93.8 cm³/mol. The number of hydrogen-bond acceptors (Lipinski definition) is 5. The second-order valence-electron chi connectivity index (χ2n) is 4.33. The monoisotopic (exact) mass is 392 g/mol. The number of benzene rings is 1. The van der Waals surface area contributed by atoms with Crippen LogP contribution >= 0.6 is 27.3 Å². The summed E-state index contributed by atoms with van der Waals surface area (Å²) in [6.45, 7) is 0. The van der Waals surface area contributed by atoms with E-state index < -0.39 is 5.91 Å². The Labute approximate surface area is 146 Å². The highest BCUT2D eigenvalue weighted by Crippen LogP contribution is 2.29. The molecule has 7 heteroatoms. The Balaban J connectivity index is 2.26. The second-order valence-corrected chi connectivity index (χ2v) is 6.83. The summed E-state index contributed by atoms with van der Waals surface area (Å²) in [6.07, 6.45) is 1.54. The SMILES string of the molecule is COc1ccc(OC)c(NC(=O)/C(C#N)=C/c2ccc(Br)s2)c1. The van der Waals surface area contributed by atoms with Crippen molar-refractivity contribution in [3.05, 3.63) is 44.6 Å². The summed E-state index contributed by atoms with van der Waals surface area (Å²) in [6, 6.07) is 10.6. The average Bonchev–Trinajstić information content (AvgIpc) is 2.97. The van der Waals surface area contributed by atoms with Crippen molar-refractivity contribution in [2.75, 3.05) is 19.5 Å². The highest BCUT2D eigenvalue weighted by molar-refractivity contribution is 9.11. The minimum absolute atomic E-state index is 0.00391. The number of carbonyl (C=O) groups excluding carboxylic acids is 1. The number of nitrogens with zero attached hydrogens (tertiary/aromatic N) is 1. The van der Waals surface area contributed by atoms with Gasteiger partial charge in [0.2, 0.25) is 0 Å². The Bertz CT molecular complexity index is 793. The molecule has 0 spiro atoms. The molecule has 1 N–H and O–H groups in total. The Morgan fingerprint density at radius 3 is 2.65 bits per heavy atom. The van der Waals surface area contributed by atoms with Crippen LogP contribution in [-0.4, -0.2) is 20.1 Å². The van der Waals surface area contributed by atoms with Crippen molar-refractivity contribution in [2.45, 2.75) is 0 Å². The highest BCUT2D eigenvalue weighted by atomic mass is 79.9. The number of rotatable bonds is 5. The molecule has 0 bridgehead atoms. The Morgan fingerprint density at radius 2 is 2.09 bits per heavy atom. The first-order chi connectivity index (χ1) is 11.1. The summed E-state index contributed by atoms with van der Waals surface area (Å²) in [4.78, 5) is 13.1. The van der Waals surface area contributed by atoms with Crippen LogP contribution in [0, 0.1) is 11.3 Å². The predicted octanol–water partition coefficient (Wildman–Crippen LogP) is 4.07. The lowest BCUT2D eigenvalue weighted by Crippen LogP contribution is -2.14. The molecule has 1 aromatic heterocycles. The zero-order chi connectivity index (χ0) is 16.8. The second kappa shape index (κ2) is 7.81. The van der Waals surface area contributed by atoms with Crippen molar-refractivity contribution < 1.29 is 14.3 Å². The minimum atomic E-state index is -0.511. The number of nitrogens with one attached hydrogen (secondary N) is 1. The van der Waals surface area contributed by atoms with Crippen molar-refractivity contribution in [2.24, 2.45) is 0 Å². The molecule has 0 saturated heterocycles. The summed E-state index contributed by atoms with van der Waals surface area (Å²) in [5, 5.41) is 11.9. The molecule has 0 atom stereocenters. The molecule has 0 radical (unpaired) electrons. The van der Waals surface area contributed by atoms with Gasteiger partial charge in [0.15, 0.2) is 0 Å². The van der Waals surface area contributed by atoms with Gasteiger partial charge in [-0.05, 0) is 46.3 Å². The van der Waals surface area contributed by atoms with Gasteiger partial charge < -0.3 is 14.8 Å². The lowest BCUT2D eigenvalue weighted by Gasteiger charge is -2.11. The van der Waals surface area contributed by atoms with Crippen LogP contribution in [0.1, 0.15) is 4.88 Å². The minimum Gasteiger partial charge on any atom is -0.497 e. The number of ether oxygens (including phenoxy) is 2. The maximum Gasteiger partial charge on any atom is 0.266 e. The van der Waals surface area contributed by atoms with Crippen LogP contribution in [0.25, 0.3) is 6.08 Å². The van der Waals surface area contributed by atoms with Crippen LogP contribution < -0.4 is 14.8 Å². The van der Waals surface area contributed by atoms with Crippen molar-refractivity contribution in [3.8, 4) is 17.6 Å². The lowest BCUT2D eigenvalue weighted by molar-refractivity contribution is -0.112. The Kier molecular flexibility index (Phi) is 5.79. The lowest BCUT2D eigenvalue weighted by atomic mass is 10.2. The molecule has 0 aliphatic carbocycles. The van der Waals surface area contributed by atoms with E-state index in [1.807, 2.05) is 18.2 Å². The molecule has 118 valence electrons. The van der Waals surface area contributed by atoms with Crippen molar-refractivity contribution in [3.63, 3.8) is 0 Å². The van der Waals surface area contributed by atoms with Crippen LogP contribution in [0.3, 0.4) is 0 Å². The molecule has 2 rings (SSSR count). The molecule has 1 heterocycles. The first kappa shape index (κ1) is 17.1. The van der Waals surface area contributed by atoms with Gasteiger partial charge in [0.05, 0.1) is 23.7 Å².